The van der Waals surface area contributed by atoms with Gasteiger partial charge in [0, 0.05) is 28.6 Å². The zero-order valence-electron chi connectivity index (χ0n) is 36.9. The molecule has 2 aliphatic rings. The van der Waals surface area contributed by atoms with Gasteiger partial charge in [0.25, 0.3) is 0 Å². The van der Waals surface area contributed by atoms with E-state index in [1.54, 1.807) is 0 Å². The maximum absolute atomic E-state index is 7.12. The summed E-state index contributed by atoms with van der Waals surface area (Å²) in [5.41, 5.74) is 13.6. The maximum Gasteiger partial charge on any atom is 0.217 e. The van der Waals surface area contributed by atoms with Crippen LogP contribution >= 0.6 is 0 Å². The monoisotopic (exact) mass is 793 g/mol. The quantitative estimate of drug-likeness (QED) is 0.161. The van der Waals surface area contributed by atoms with Gasteiger partial charge in [-0.3, -0.25) is 4.57 Å². The number of hydrogen-bond donors (Lipinski definition) is 0. The number of pyridine rings is 1. The van der Waals surface area contributed by atoms with Crippen LogP contribution in [0.3, 0.4) is 0 Å². The van der Waals surface area contributed by atoms with Gasteiger partial charge < -0.3 is 9.47 Å². The fourth-order valence-corrected chi connectivity index (χ4v) is 9.78. The number of rotatable bonds is 7. The van der Waals surface area contributed by atoms with E-state index in [-0.39, 0.29) is 23.0 Å². The van der Waals surface area contributed by atoms with E-state index < -0.39 is 0 Å². The maximum atomic E-state index is 7.12. The third-order valence-electron chi connectivity index (χ3n) is 12.8. The van der Waals surface area contributed by atoms with Crippen molar-refractivity contribution in [2.75, 3.05) is 0 Å². The highest BCUT2D eigenvalue weighted by Gasteiger charge is 2.39. The minimum Gasteiger partial charge on any atom is -0.467 e. The first-order valence-corrected chi connectivity index (χ1v) is 22.0. The number of fused-ring (bicyclic) bond motifs is 3. The van der Waals surface area contributed by atoms with E-state index in [9.17, 15) is 0 Å². The lowest BCUT2D eigenvalue weighted by molar-refractivity contribution is 0.150. The van der Waals surface area contributed by atoms with E-state index in [1.807, 2.05) is 12.3 Å². The van der Waals surface area contributed by atoms with E-state index in [4.69, 9.17) is 19.5 Å². The zero-order valence-corrected chi connectivity index (χ0v) is 36.9. The zero-order chi connectivity index (χ0) is 41.9. The number of aliphatic imine (C=N–C) groups is 1. The van der Waals surface area contributed by atoms with Crippen LogP contribution in [0.1, 0.15) is 119 Å². The van der Waals surface area contributed by atoms with Crippen LogP contribution in [0.15, 0.2) is 120 Å². The lowest BCUT2D eigenvalue weighted by Crippen LogP contribution is -2.25. The number of hydrogen-bond acceptors (Lipinski definition) is 4. The van der Waals surface area contributed by atoms with Gasteiger partial charge in [0.05, 0.1) is 17.2 Å². The van der Waals surface area contributed by atoms with Crippen molar-refractivity contribution in [2.45, 2.75) is 117 Å². The Labute approximate surface area is 356 Å². The van der Waals surface area contributed by atoms with Crippen LogP contribution in [-0.2, 0) is 15.6 Å². The summed E-state index contributed by atoms with van der Waals surface area (Å²) in [5.74, 6) is 2.71. The molecular formula is C55H59N3O2. The second-order valence-corrected chi connectivity index (χ2v) is 19.6. The molecule has 2 aromatic heterocycles. The second kappa shape index (κ2) is 15.4. The molecule has 2 atom stereocenters. The Morgan fingerprint density at radius 1 is 0.650 bits per heavy atom. The molecule has 0 radical (unpaired) electrons. The van der Waals surface area contributed by atoms with Gasteiger partial charge in [-0.2, -0.15) is 0 Å². The summed E-state index contributed by atoms with van der Waals surface area (Å²) in [5, 5.41) is 2.34. The molecular weight excluding hydrogens is 735 g/mol. The Balaban J connectivity index is 1.19. The summed E-state index contributed by atoms with van der Waals surface area (Å²) < 4.78 is 16.4. The smallest absolute Gasteiger partial charge is 0.217 e. The summed E-state index contributed by atoms with van der Waals surface area (Å²) in [7, 11) is 0. The van der Waals surface area contributed by atoms with Crippen molar-refractivity contribution in [3.05, 3.63) is 154 Å². The van der Waals surface area contributed by atoms with E-state index in [0.29, 0.717) is 11.8 Å². The molecule has 0 N–H and O–H groups in total. The molecule has 0 spiro atoms. The van der Waals surface area contributed by atoms with Crippen molar-refractivity contribution < 1.29 is 9.47 Å². The SMILES string of the molecule is Cc1cc(C)c(-c2cc(Oc3cc(-n4c5ccc(C(C)(C)C)cc5c5cccnc54)cc(C(C)(C)C)c3)cc(C3=N[C@H](C4CCCCC4)[C@@H](c4ccccc4)O3)c2)c(C)c1. The van der Waals surface area contributed by atoms with Crippen LogP contribution in [0.25, 0.3) is 38.8 Å². The molecule has 0 unspecified atom stereocenters. The van der Waals surface area contributed by atoms with Crippen molar-refractivity contribution in [1.82, 2.24) is 9.55 Å². The van der Waals surface area contributed by atoms with Crippen molar-refractivity contribution in [1.29, 1.82) is 0 Å². The Kier molecular flexibility index (Phi) is 10.2. The first kappa shape index (κ1) is 39.8. The molecule has 5 heteroatoms. The Bertz CT molecular complexity index is 2730. The molecule has 0 bridgehead atoms. The highest BCUT2D eigenvalue weighted by Crippen LogP contribution is 2.43. The fourth-order valence-electron chi connectivity index (χ4n) is 9.78. The average Bonchev–Trinajstić information content (AvgIpc) is 3.81. The van der Waals surface area contributed by atoms with Gasteiger partial charge in [-0.05, 0) is 144 Å². The van der Waals surface area contributed by atoms with Crippen LogP contribution < -0.4 is 4.74 Å². The van der Waals surface area contributed by atoms with Crippen molar-refractivity contribution >= 4 is 27.8 Å². The number of benzene rings is 5. The van der Waals surface area contributed by atoms with Crippen LogP contribution in [0.2, 0.25) is 0 Å². The van der Waals surface area contributed by atoms with Gasteiger partial charge in [-0.15, -0.1) is 0 Å². The minimum atomic E-state index is -0.143. The summed E-state index contributed by atoms with van der Waals surface area (Å²) >= 11 is 0. The summed E-state index contributed by atoms with van der Waals surface area (Å²) in [6.45, 7) is 20.2. The largest absolute Gasteiger partial charge is 0.467 e. The second-order valence-electron chi connectivity index (χ2n) is 19.6. The summed E-state index contributed by atoms with van der Waals surface area (Å²) in [6, 6.07) is 39.7. The molecule has 5 aromatic carbocycles. The normalized spacial score (nSPS) is 17.6. The molecule has 1 fully saturated rings. The molecule has 1 saturated carbocycles. The molecule has 306 valence electrons. The van der Waals surface area contributed by atoms with E-state index in [1.165, 1.54) is 76.4 Å². The minimum absolute atomic E-state index is 0.0232. The van der Waals surface area contributed by atoms with E-state index in [2.05, 4.69) is 170 Å². The fraction of sp³-hybridized carbons (Fsp3) is 0.345. The van der Waals surface area contributed by atoms with Gasteiger partial charge in [0.2, 0.25) is 5.90 Å². The Hall–Kier alpha value is -5.68. The molecule has 3 heterocycles. The van der Waals surface area contributed by atoms with E-state index >= 15 is 0 Å². The number of ether oxygens (including phenoxy) is 2. The molecule has 0 amide bonds. The lowest BCUT2D eigenvalue weighted by Gasteiger charge is -2.29. The van der Waals surface area contributed by atoms with Crippen LogP contribution in [-0.4, -0.2) is 21.5 Å². The van der Waals surface area contributed by atoms with Gasteiger partial charge >= 0.3 is 0 Å². The van der Waals surface area contributed by atoms with Gasteiger partial charge in [0.1, 0.15) is 23.3 Å². The number of nitrogens with zero attached hydrogens (tertiary/aromatic N) is 3. The van der Waals surface area contributed by atoms with Crippen molar-refractivity contribution in [3.8, 4) is 28.3 Å². The summed E-state index contributed by atoms with van der Waals surface area (Å²) in [6.07, 6.45) is 7.97. The third kappa shape index (κ3) is 7.64. The van der Waals surface area contributed by atoms with E-state index in [0.717, 1.165) is 44.9 Å². The van der Waals surface area contributed by atoms with Gasteiger partial charge in [-0.1, -0.05) is 115 Å². The predicted octanol–water partition coefficient (Wildman–Crippen LogP) is 14.6. The first-order chi connectivity index (χ1) is 28.7. The molecule has 1 aliphatic carbocycles. The Morgan fingerprint density at radius 3 is 2.07 bits per heavy atom. The van der Waals surface area contributed by atoms with Crippen LogP contribution in [0.5, 0.6) is 11.5 Å². The number of aromatic nitrogens is 2. The average molecular weight is 794 g/mol. The third-order valence-corrected chi connectivity index (χ3v) is 12.8. The summed E-state index contributed by atoms with van der Waals surface area (Å²) in [4.78, 5) is 10.5. The standard InChI is InChI=1S/C55H59N3O2/c1-34-25-35(2)49(36(3)26-34)39-27-40(53-57-50(37-17-12-10-13-18-37)51(60-53)38-19-14-11-15-20-38)29-44(28-39)59-45-31-42(55(7,8)9)30-43(33-45)58-48-23-22-41(54(4,5)6)32-47(48)46-21-16-24-56-52(46)58/h11,14-16,19-33,37,50-51H,10,12-13,17-18H2,1-9H3/t50-,51-/m1/s1. The highest BCUT2D eigenvalue weighted by molar-refractivity contribution is 6.08. The topological polar surface area (TPSA) is 48.6 Å². The molecule has 1 aliphatic heterocycles. The van der Waals surface area contributed by atoms with Crippen LogP contribution in [0.4, 0.5) is 0 Å². The van der Waals surface area contributed by atoms with Crippen molar-refractivity contribution in [2.24, 2.45) is 10.9 Å². The lowest BCUT2D eigenvalue weighted by atomic mass is 9.81. The van der Waals surface area contributed by atoms with Gasteiger partial charge in [-0.25, -0.2) is 9.98 Å². The Morgan fingerprint density at radius 2 is 1.35 bits per heavy atom. The highest BCUT2D eigenvalue weighted by atomic mass is 16.5. The number of aryl methyl sites for hydroxylation is 3. The predicted molar refractivity (Wildman–Crippen MR) is 249 cm³/mol. The molecule has 5 nitrogen and oxygen atoms in total. The molecule has 60 heavy (non-hydrogen) atoms. The molecule has 9 rings (SSSR count). The van der Waals surface area contributed by atoms with Crippen LogP contribution in [0, 0.1) is 26.7 Å². The van der Waals surface area contributed by atoms with Gasteiger partial charge in [0.15, 0.2) is 0 Å². The van der Waals surface area contributed by atoms with Crippen molar-refractivity contribution in [3.63, 3.8) is 0 Å². The first-order valence-electron chi connectivity index (χ1n) is 22.0. The molecule has 0 saturated heterocycles. The molecule has 7 aromatic rings.